The molecule has 1 aliphatic carbocycles. The predicted octanol–water partition coefficient (Wildman–Crippen LogP) is 5.12. The molecule has 0 radical (unpaired) electrons. The maximum absolute atomic E-state index is 11.2. The number of halogens is 2. The molecule has 0 N–H and O–H groups in total. The number of benzene rings is 1. The lowest BCUT2D eigenvalue weighted by atomic mass is 9.96. The molecule has 0 saturated carbocycles. The highest BCUT2D eigenvalue weighted by atomic mass is 35.5. The number of anilines is 1. The summed E-state index contributed by atoms with van der Waals surface area (Å²) in [6, 6.07) is 9.30. The van der Waals surface area contributed by atoms with Crippen molar-refractivity contribution in [2.45, 2.75) is 44.0 Å². The zero-order chi connectivity index (χ0) is 20.2. The van der Waals surface area contributed by atoms with E-state index in [0.717, 1.165) is 30.4 Å². The summed E-state index contributed by atoms with van der Waals surface area (Å²) >= 11 is 12.5. The van der Waals surface area contributed by atoms with Gasteiger partial charge in [-0.05, 0) is 49.0 Å². The molecule has 29 heavy (non-hydrogen) atoms. The molecule has 4 nitrogen and oxygen atoms in total. The van der Waals surface area contributed by atoms with Crippen molar-refractivity contribution in [1.82, 2.24) is 0 Å². The molecule has 4 rings (SSSR count). The number of hydrogen-bond acceptors (Lipinski definition) is 4. The van der Waals surface area contributed by atoms with E-state index in [-0.39, 0.29) is 5.97 Å². The predicted molar refractivity (Wildman–Crippen MR) is 120 cm³/mol. The van der Waals surface area contributed by atoms with Gasteiger partial charge >= 0.3 is 5.97 Å². The molecular weight excluding hydrogens is 407 g/mol. The quantitative estimate of drug-likeness (QED) is 0.480. The SMILES string of the molecule is O=C1C=NC(C2=CCC(=Cc3ccc(N4C(CCl)CCCC4CCl)cc3)C=C2)O1. The van der Waals surface area contributed by atoms with E-state index in [9.17, 15) is 4.79 Å². The van der Waals surface area contributed by atoms with E-state index in [1.165, 1.54) is 23.9 Å². The van der Waals surface area contributed by atoms with E-state index in [2.05, 4.69) is 52.4 Å². The van der Waals surface area contributed by atoms with Crippen LogP contribution < -0.4 is 4.90 Å². The number of alkyl halides is 2. The van der Waals surface area contributed by atoms with Crippen molar-refractivity contribution in [2.75, 3.05) is 16.7 Å². The van der Waals surface area contributed by atoms with Crippen molar-refractivity contribution in [2.24, 2.45) is 4.99 Å². The van der Waals surface area contributed by atoms with Crippen LogP contribution >= 0.6 is 23.2 Å². The van der Waals surface area contributed by atoms with Crippen molar-refractivity contribution in [3.63, 3.8) is 0 Å². The Morgan fingerprint density at radius 2 is 1.83 bits per heavy atom. The van der Waals surface area contributed by atoms with Gasteiger partial charge in [-0.1, -0.05) is 36.4 Å². The number of nitrogens with zero attached hydrogens (tertiary/aromatic N) is 2. The number of carbonyl (C=O) groups is 1. The first-order chi connectivity index (χ1) is 14.2. The maximum atomic E-state index is 11.2. The van der Waals surface area contributed by atoms with E-state index in [4.69, 9.17) is 27.9 Å². The average molecular weight is 431 g/mol. The molecule has 3 aliphatic rings. The lowest BCUT2D eigenvalue weighted by molar-refractivity contribution is -0.135. The van der Waals surface area contributed by atoms with Gasteiger partial charge in [-0.3, -0.25) is 0 Å². The standard InChI is InChI=1S/C23H24Cl2N2O2/c24-13-20-2-1-3-21(14-25)27(20)19-10-6-17(7-11-19)12-16-4-8-18(9-5-16)23-26-15-22(28)29-23/h4,6-12,15,20-21,23H,1-3,5,13-14H2. The number of hydrogen-bond donors (Lipinski definition) is 0. The molecule has 1 aromatic rings. The van der Waals surface area contributed by atoms with Crippen LogP contribution in [0.5, 0.6) is 0 Å². The topological polar surface area (TPSA) is 41.9 Å². The van der Waals surface area contributed by atoms with Gasteiger partial charge in [0.15, 0.2) is 0 Å². The van der Waals surface area contributed by atoms with Gasteiger partial charge in [0.05, 0.1) is 0 Å². The maximum Gasteiger partial charge on any atom is 0.351 e. The Kier molecular flexibility index (Phi) is 6.41. The van der Waals surface area contributed by atoms with Crippen molar-refractivity contribution in [3.8, 4) is 0 Å². The highest BCUT2D eigenvalue weighted by molar-refractivity contribution is 6.24. The Morgan fingerprint density at radius 3 is 2.38 bits per heavy atom. The van der Waals surface area contributed by atoms with Gasteiger partial charge in [0.1, 0.15) is 6.21 Å². The minimum atomic E-state index is -0.492. The third-order valence-electron chi connectivity index (χ3n) is 5.65. The molecule has 1 fully saturated rings. The number of esters is 1. The number of aliphatic imine (C=N–C) groups is 1. The third kappa shape index (κ3) is 4.59. The fraction of sp³-hybridized carbons (Fsp3) is 0.391. The number of carbonyl (C=O) groups excluding carboxylic acids is 1. The fourth-order valence-electron chi connectivity index (χ4n) is 4.17. The van der Waals surface area contributed by atoms with E-state index in [0.29, 0.717) is 23.8 Å². The summed E-state index contributed by atoms with van der Waals surface area (Å²) in [5.74, 6) is 0.866. The summed E-state index contributed by atoms with van der Waals surface area (Å²) in [7, 11) is 0. The Balaban J connectivity index is 1.45. The highest BCUT2D eigenvalue weighted by Crippen LogP contribution is 2.31. The normalized spacial score (nSPS) is 28.0. The molecule has 0 bridgehead atoms. The van der Waals surface area contributed by atoms with Gasteiger partial charge < -0.3 is 9.64 Å². The Labute approximate surface area is 181 Å². The summed E-state index contributed by atoms with van der Waals surface area (Å²) in [5.41, 5.74) is 4.46. The van der Waals surface area contributed by atoms with Gasteiger partial charge in [0, 0.05) is 35.1 Å². The molecule has 2 aliphatic heterocycles. The monoisotopic (exact) mass is 430 g/mol. The first-order valence-corrected chi connectivity index (χ1v) is 11.1. The van der Waals surface area contributed by atoms with Gasteiger partial charge in [-0.15, -0.1) is 23.2 Å². The zero-order valence-electron chi connectivity index (χ0n) is 16.1. The average Bonchev–Trinajstić information content (AvgIpc) is 3.20. The molecule has 2 heterocycles. The number of allylic oxidation sites excluding steroid dienone is 3. The van der Waals surface area contributed by atoms with E-state index in [1.54, 1.807) is 0 Å². The van der Waals surface area contributed by atoms with Crippen LogP contribution in [-0.2, 0) is 9.53 Å². The Bertz CT molecular complexity index is 861. The smallest absolute Gasteiger partial charge is 0.351 e. The largest absolute Gasteiger partial charge is 0.431 e. The van der Waals surface area contributed by atoms with E-state index < -0.39 is 6.23 Å². The molecule has 1 saturated heterocycles. The molecule has 0 aromatic heterocycles. The van der Waals surface area contributed by atoms with Crippen LogP contribution in [-0.4, -0.2) is 42.3 Å². The minimum absolute atomic E-state index is 0.343. The molecule has 152 valence electrons. The first-order valence-electron chi connectivity index (χ1n) is 10.0. The van der Waals surface area contributed by atoms with Crippen molar-refractivity contribution in [1.29, 1.82) is 0 Å². The first kappa shape index (κ1) is 20.2. The van der Waals surface area contributed by atoms with Gasteiger partial charge in [-0.2, -0.15) is 0 Å². The van der Waals surface area contributed by atoms with Crippen molar-refractivity contribution >= 4 is 47.1 Å². The zero-order valence-corrected chi connectivity index (χ0v) is 17.6. The lowest BCUT2D eigenvalue weighted by Crippen LogP contribution is -2.48. The van der Waals surface area contributed by atoms with Crippen LogP contribution in [0.15, 0.2) is 58.6 Å². The van der Waals surface area contributed by atoms with Crippen LogP contribution in [0.2, 0.25) is 0 Å². The molecule has 1 aromatic carbocycles. The summed E-state index contributed by atoms with van der Waals surface area (Å²) in [4.78, 5) is 17.6. The number of piperidine rings is 1. The fourth-order valence-corrected chi connectivity index (χ4v) is 4.77. The second-order valence-corrected chi connectivity index (χ2v) is 8.19. The lowest BCUT2D eigenvalue weighted by Gasteiger charge is -2.42. The van der Waals surface area contributed by atoms with Crippen LogP contribution in [0.25, 0.3) is 6.08 Å². The van der Waals surface area contributed by atoms with Crippen LogP contribution in [0.3, 0.4) is 0 Å². The highest BCUT2D eigenvalue weighted by Gasteiger charge is 2.29. The van der Waals surface area contributed by atoms with E-state index in [1.807, 2.05) is 6.08 Å². The second kappa shape index (κ2) is 9.19. The van der Waals surface area contributed by atoms with Gasteiger partial charge in [0.25, 0.3) is 0 Å². The van der Waals surface area contributed by atoms with Crippen LogP contribution in [0.1, 0.15) is 31.2 Å². The number of ether oxygens (including phenoxy) is 1. The molecule has 0 amide bonds. The van der Waals surface area contributed by atoms with Crippen LogP contribution in [0.4, 0.5) is 5.69 Å². The summed E-state index contributed by atoms with van der Waals surface area (Å²) in [5, 5.41) is 0. The minimum Gasteiger partial charge on any atom is -0.431 e. The summed E-state index contributed by atoms with van der Waals surface area (Å²) < 4.78 is 5.14. The molecule has 0 spiro atoms. The Morgan fingerprint density at radius 1 is 1.10 bits per heavy atom. The molecular formula is C23H24Cl2N2O2. The summed E-state index contributed by atoms with van der Waals surface area (Å²) in [6.45, 7) is 0. The van der Waals surface area contributed by atoms with Gasteiger partial charge in [0.2, 0.25) is 6.23 Å². The Hall–Kier alpha value is -2.04. The third-order valence-corrected chi connectivity index (χ3v) is 6.37. The second-order valence-electron chi connectivity index (χ2n) is 7.57. The number of rotatable bonds is 5. The van der Waals surface area contributed by atoms with Crippen LogP contribution in [0, 0.1) is 0 Å². The molecule has 6 heteroatoms. The van der Waals surface area contributed by atoms with Crippen molar-refractivity contribution in [3.05, 3.63) is 59.2 Å². The van der Waals surface area contributed by atoms with E-state index >= 15 is 0 Å². The summed E-state index contributed by atoms with van der Waals surface area (Å²) in [6.07, 6.45) is 13.2. The molecule has 3 unspecified atom stereocenters. The van der Waals surface area contributed by atoms with Gasteiger partial charge in [-0.25, -0.2) is 9.79 Å². The molecule has 3 atom stereocenters. The number of cyclic esters (lactones) is 1. The van der Waals surface area contributed by atoms with Crippen molar-refractivity contribution < 1.29 is 9.53 Å².